The Morgan fingerprint density at radius 2 is 2.23 bits per heavy atom. The largest absolute Gasteiger partial charge is 0.488 e. The van der Waals surface area contributed by atoms with Crippen LogP contribution in [-0.4, -0.2) is 50.5 Å². The third kappa shape index (κ3) is 5.24. The van der Waals surface area contributed by atoms with Gasteiger partial charge in [0.25, 0.3) is 0 Å². The highest BCUT2D eigenvalue weighted by molar-refractivity contribution is 9.10. The van der Waals surface area contributed by atoms with Crippen molar-refractivity contribution in [3.05, 3.63) is 22.4 Å². The number of aromatic amines is 1. The van der Waals surface area contributed by atoms with E-state index >= 15 is 0 Å². The molecule has 0 spiro atoms. The van der Waals surface area contributed by atoms with Gasteiger partial charge in [-0.25, -0.2) is 4.98 Å². The Morgan fingerprint density at radius 3 is 2.97 bits per heavy atom. The minimum atomic E-state index is -0.771. The predicted octanol–water partition coefficient (Wildman–Crippen LogP) is 4.08. The molecule has 1 saturated carbocycles. The minimum absolute atomic E-state index is 0.162. The molecule has 3 atom stereocenters. The first-order chi connectivity index (χ1) is 14.9. The van der Waals surface area contributed by atoms with Crippen LogP contribution in [0, 0.1) is 5.41 Å². The van der Waals surface area contributed by atoms with Crippen LogP contribution in [0.3, 0.4) is 0 Å². The standard InChI is InChI=1S/C21H27BrN4O5/c1-21(20(27)28)9-4-5-13(11-21)31-16-8-7-14(23-19(16)22)18-15(24-26-25-18)12-30-17-6-2-3-10-29-17/h7-8,13,17H,2-6,9-12H2,1H3,(H,27,28)(H,24,25,26)/t13-,17?,21-/m0/s1. The van der Waals surface area contributed by atoms with Gasteiger partial charge in [0.05, 0.1) is 29.5 Å². The summed E-state index contributed by atoms with van der Waals surface area (Å²) in [7, 11) is 0. The molecule has 3 heterocycles. The van der Waals surface area contributed by atoms with Crippen LogP contribution in [0.2, 0.25) is 0 Å². The fraction of sp³-hybridized carbons (Fsp3) is 0.619. The smallest absolute Gasteiger partial charge is 0.309 e. The number of hydrogen-bond acceptors (Lipinski definition) is 7. The summed E-state index contributed by atoms with van der Waals surface area (Å²) in [6.07, 6.45) is 5.48. The lowest BCUT2D eigenvalue weighted by Crippen LogP contribution is -2.38. The van der Waals surface area contributed by atoms with Crippen molar-refractivity contribution < 1.29 is 24.1 Å². The Kier molecular flexibility index (Phi) is 6.88. The number of pyridine rings is 1. The van der Waals surface area contributed by atoms with Crippen LogP contribution in [0.5, 0.6) is 5.75 Å². The van der Waals surface area contributed by atoms with Gasteiger partial charge in [0.2, 0.25) is 0 Å². The monoisotopic (exact) mass is 494 g/mol. The number of carboxylic acids is 1. The quantitative estimate of drug-likeness (QED) is 0.552. The number of aliphatic carboxylic acids is 1. The van der Waals surface area contributed by atoms with E-state index in [1.54, 1.807) is 6.92 Å². The second-order valence-corrected chi connectivity index (χ2v) is 9.18. The molecular weight excluding hydrogens is 468 g/mol. The summed E-state index contributed by atoms with van der Waals surface area (Å²) in [5, 5.41) is 20.5. The molecule has 1 unspecified atom stereocenters. The normalized spacial score (nSPS) is 26.5. The van der Waals surface area contributed by atoms with Gasteiger partial charge in [-0.2, -0.15) is 0 Å². The zero-order chi connectivity index (χ0) is 21.8. The maximum atomic E-state index is 11.6. The Morgan fingerprint density at radius 1 is 1.35 bits per heavy atom. The fourth-order valence-corrected chi connectivity index (χ4v) is 4.53. The average Bonchev–Trinajstić information content (AvgIpc) is 3.23. The molecule has 4 rings (SSSR count). The molecule has 168 valence electrons. The van der Waals surface area contributed by atoms with Crippen LogP contribution in [0.25, 0.3) is 11.4 Å². The number of aromatic nitrogens is 4. The van der Waals surface area contributed by atoms with E-state index < -0.39 is 11.4 Å². The molecule has 2 N–H and O–H groups in total. The molecule has 10 heteroatoms. The second-order valence-electron chi connectivity index (χ2n) is 8.43. The fourth-order valence-electron chi connectivity index (χ4n) is 4.12. The zero-order valence-corrected chi connectivity index (χ0v) is 19.1. The van der Waals surface area contributed by atoms with Crippen molar-refractivity contribution in [2.24, 2.45) is 5.41 Å². The van der Waals surface area contributed by atoms with Crippen LogP contribution in [0.4, 0.5) is 0 Å². The molecular formula is C21H27BrN4O5. The van der Waals surface area contributed by atoms with E-state index in [1.165, 1.54) is 0 Å². The first-order valence-corrected chi connectivity index (χ1v) is 11.4. The summed E-state index contributed by atoms with van der Waals surface area (Å²) in [5.74, 6) is -0.187. The Labute approximate surface area is 189 Å². The molecule has 2 aromatic rings. The Hall–Kier alpha value is -2.04. The lowest BCUT2D eigenvalue weighted by Gasteiger charge is -2.34. The van der Waals surface area contributed by atoms with Gasteiger partial charge in [-0.15, -0.1) is 5.10 Å². The highest BCUT2D eigenvalue weighted by Gasteiger charge is 2.39. The molecule has 1 aliphatic heterocycles. The summed E-state index contributed by atoms with van der Waals surface area (Å²) in [6.45, 7) is 2.81. The van der Waals surface area contributed by atoms with Crippen LogP contribution < -0.4 is 4.74 Å². The van der Waals surface area contributed by atoms with Crippen LogP contribution in [0.15, 0.2) is 16.7 Å². The summed E-state index contributed by atoms with van der Waals surface area (Å²) >= 11 is 3.48. The van der Waals surface area contributed by atoms with Crippen molar-refractivity contribution in [2.45, 2.75) is 70.9 Å². The SMILES string of the molecule is C[C@]1(C(=O)O)CCC[C@H](Oc2ccc(-c3nn[nH]c3COC3CCCCO3)nc2Br)C1. The van der Waals surface area contributed by atoms with Gasteiger partial charge in [0.1, 0.15) is 10.3 Å². The van der Waals surface area contributed by atoms with Gasteiger partial charge in [0.15, 0.2) is 12.0 Å². The van der Waals surface area contributed by atoms with Gasteiger partial charge < -0.3 is 19.3 Å². The van der Waals surface area contributed by atoms with E-state index in [4.69, 9.17) is 14.2 Å². The number of rotatable bonds is 7. The third-order valence-corrected chi connectivity index (χ3v) is 6.54. The molecule has 2 aromatic heterocycles. The number of carbonyl (C=O) groups is 1. The van der Waals surface area contributed by atoms with E-state index in [0.29, 0.717) is 41.2 Å². The molecule has 9 nitrogen and oxygen atoms in total. The first kappa shape index (κ1) is 22.2. The van der Waals surface area contributed by atoms with Crippen LogP contribution >= 0.6 is 15.9 Å². The number of ether oxygens (including phenoxy) is 3. The van der Waals surface area contributed by atoms with Crippen molar-refractivity contribution >= 4 is 21.9 Å². The molecule has 31 heavy (non-hydrogen) atoms. The van der Waals surface area contributed by atoms with E-state index in [-0.39, 0.29) is 12.4 Å². The van der Waals surface area contributed by atoms with E-state index in [1.807, 2.05) is 12.1 Å². The van der Waals surface area contributed by atoms with Crippen molar-refractivity contribution in [3.63, 3.8) is 0 Å². The maximum absolute atomic E-state index is 11.6. The van der Waals surface area contributed by atoms with E-state index in [0.717, 1.165) is 44.4 Å². The number of nitrogens with one attached hydrogen (secondary N) is 1. The summed E-state index contributed by atoms with van der Waals surface area (Å²) in [6, 6.07) is 3.64. The first-order valence-electron chi connectivity index (χ1n) is 10.6. The topological polar surface area (TPSA) is 119 Å². The summed E-state index contributed by atoms with van der Waals surface area (Å²) < 4.78 is 18.1. The Balaban J connectivity index is 1.42. The molecule has 0 bridgehead atoms. The maximum Gasteiger partial charge on any atom is 0.309 e. The number of H-pyrrole nitrogens is 1. The molecule has 0 amide bonds. The van der Waals surface area contributed by atoms with E-state index in [2.05, 4.69) is 36.3 Å². The number of halogens is 1. The van der Waals surface area contributed by atoms with Crippen molar-refractivity contribution in [1.82, 2.24) is 20.4 Å². The van der Waals surface area contributed by atoms with Crippen molar-refractivity contribution in [1.29, 1.82) is 0 Å². The average molecular weight is 495 g/mol. The van der Waals surface area contributed by atoms with Gasteiger partial charge in [-0.05, 0) is 73.5 Å². The second kappa shape index (κ2) is 9.62. The van der Waals surface area contributed by atoms with Gasteiger partial charge >= 0.3 is 5.97 Å². The molecule has 1 saturated heterocycles. The van der Waals surface area contributed by atoms with Gasteiger partial charge in [-0.3, -0.25) is 9.89 Å². The van der Waals surface area contributed by atoms with Crippen molar-refractivity contribution in [3.8, 4) is 17.1 Å². The van der Waals surface area contributed by atoms with E-state index in [9.17, 15) is 9.90 Å². The molecule has 2 aliphatic rings. The Bertz CT molecular complexity index is 917. The molecule has 2 fully saturated rings. The third-order valence-electron chi connectivity index (χ3n) is 5.97. The molecule has 0 radical (unpaired) electrons. The highest BCUT2D eigenvalue weighted by Crippen LogP contribution is 2.39. The molecule has 1 aliphatic carbocycles. The number of carboxylic acid groups (broad SMARTS) is 1. The summed E-state index contributed by atoms with van der Waals surface area (Å²) in [5.41, 5.74) is 1.22. The summed E-state index contributed by atoms with van der Waals surface area (Å²) in [4.78, 5) is 16.2. The number of nitrogens with zero attached hydrogens (tertiary/aromatic N) is 3. The lowest BCUT2D eigenvalue weighted by molar-refractivity contribution is -0.169. The number of hydrogen-bond donors (Lipinski definition) is 2. The van der Waals surface area contributed by atoms with Crippen LogP contribution in [-0.2, 0) is 20.9 Å². The minimum Gasteiger partial charge on any atom is -0.488 e. The zero-order valence-electron chi connectivity index (χ0n) is 17.5. The van der Waals surface area contributed by atoms with Gasteiger partial charge in [-0.1, -0.05) is 5.21 Å². The van der Waals surface area contributed by atoms with Crippen LogP contribution in [0.1, 0.15) is 57.6 Å². The lowest BCUT2D eigenvalue weighted by atomic mass is 9.74. The molecule has 0 aromatic carbocycles. The van der Waals surface area contributed by atoms with Gasteiger partial charge in [0, 0.05) is 13.0 Å². The predicted molar refractivity (Wildman–Crippen MR) is 114 cm³/mol. The highest BCUT2D eigenvalue weighted by atomic mass is 79.9. The van der Waals surface area contributed by atoms with Crippen molar-refractivity contribution in [2.75, 3.05) is 6.61 Å².